The topological polar surface area (TPSA) is 129 Å². The van der Waals surface area contributed by atoms with Crippen molar-refractivity contribution in [1.82, 2.24) is 4.90 Å². The van der Waals surface area contributed by atoms with Gasteiger partial charge in [-0.25, -0.2) is 4.79 Å². The maximum Gasteiger partial charge on any atom is 0.335 e. The number of carbonyl (C=O) groups is 1. The highest BCUT2D eigenvalue weighted by atomic mass is 16.7. The Morgan fingerprint density at radius 3 is 2.30 bits per heavy atom. The minimum Gasteiger partial charge on any atom is -0.492 e. The Bertz CT molecular complexity index is 1380. The molecule has 2 saturated heterocycles. The molecule has 0 saturated carbocycles. The van der Waals surface area contributed by atoms with Crippen LogP contribution in [0.3, 0.4) is 0 Å². The summed E-state index contributed by atoms with van der Waals surface area (Å²) in [5.41, 5.74) is 4.71. The van der Waals surface area contributed by atoms with Crippen molar-refractivity contribution in [2.24, 2.45) is 0 Å². The van der Waals surface area contributed by atoms with Gasteiger partial charge in [-0.1, -0.05) is 48.5 Å². The molecule has 4 N–H and O–H groups in total. The molecule has 1 aliphatic carbocycles. The lowest BCUT2D eigenvalue weighted by atomic mass is 9.69. The molecule has 3 aromatic rings. The summed E-state index contributed by atoms with van der Waals surface area (Å²) in [6, 6.07) is 24.6. The van der Waals surface area contributed by atoms with Crippen LogP contribution in [-0.4, -0.2) is 88.2 Å². The summed E-state index contributed by atoms with van der Waals surface area (Å²) in [4.78, 5) is 13.9. The normalized spacial score (nSPS) is 29.1. The van der Waals surface area contributed by atoms with E-state index in [-0.39, 0.29) is 11.8 Å². The Morgan fingerprint density at radius 1 is 0.860 bits per heavy atom. The van der Waals surface area contributed by atoms with Gasteiger partial charge in [0, 0.05) is 12.5 Å². The summed E-state index contributed by atoms with van der Waals surface area (Å²) < 4.78 is 17.2. The summed E-state index contributed by atoms with van der Waals surface area (Å²) in [6.45, 7) is 3.92. The number of aliphatic hydroxyl groups excluding tert-OH is 3. The third kappa shape index (κ3) is 6.41. The molecule has 3 aromatic carbocycles. The molecule has 0 bridgehead atoms. The van der Waals surface area contributed by atoms with Crippen LogP contribution in [0.2, 0.25) is 0 Å². The lowest BCUT2D eigenvalue weighted by Gasteiger charge is -2.39. The molecule has 2 heterocycles. The van der Waals surface area contributed by atoms with Crippen molar-refractivity contribution in [2.45, 2.75) is 68.2 Å². The first kappa shape index (κ1) is 29.6. The van der Waals surface area contributed by atoms with Gasteiger partial charge < -0.3 is 34.6 Å². The molecular weight excluding hydrogens is 550 g/mol. The van der Waals surface area contributed by atoms with E-state index in [9.17, 15) is 25.2 Å². The van der Waals surface area contributed by atoms with Gasteiger partial charge in [0.2, 0.25) is 6.29 Å². The number of aliphatic hydroxyl groups is 3. The largest absolute Gasteiger partial charge is 0.492 e. The molecule has 2 aliphatic heterocycles. The molecule has 0 radical (unpaired) electrons. The highest BCUT2D eigenvalue weighted by Crippen LogP contribution is 2.47. The number of fused-ring (bicyclic) bond motifs is 1. The fourth-order valence-corrected chi connectivity index (χ4v) is 6.69. The van der Waals surface area contributed by atoms with E-state index in [1.165, 1.54) is 29.5 Å². The first-order valence-corrected chi connectivity index (χ1v) is 15.1. The van der Waals surface area contributed by atoms with Gasteiger partial charge in [-0.15, -0.1) is 0 Å². The number of aryl methyl sites for hydroxylation is 1. The summed E-state index contributed by atoms with van der Waals surface area (Å²) in [5.74, 6) is 0.143. The molecule has 0 amide bonds. The zero-order chi connectivity index (χ0) is 29.9. The number of hydrogen-bond donors (Lipinski definition) is 4. The molecule has 9 nitrogen and oxygen atoms in total. The minimum absolute atomic E-state index is 0.0868. The Balaban J connectivity index is 1.23. The second-order valence-corrected chi connectivity index (χ2v) is 11.7. The number of likely N-dealkylation sites (tertiary alicyclic amines) is 1. The summed E-state index contributed by atoms with van der Waals surface area (Å²) in [6.07, 6.45) is -4.04. The van der Waals surface area contributed by atoms with E-state index in [0.29, 0.717) is 12.4 Å². The molecule has 3 aliphatic rings. The third-order valence-corrected chi connectivity index (χ3v) is 8.98. The SMILES string of the molecule is O=C(O)[C@H]1OC(Oc2ccc3c(c2)CC[C@H](c2ccccc2)[C@@H]3c2ccc(OCCN3CCCC3)cc2)[C@H](O)[C@@H](O)[C@@H]1O. The van der Waals surface area contributed by atoms with E-state index in [2.05, 4.69) is 41.3 Å². The number of ether oxygens (including phenoxy) is 3. The predicted octanol–water partition coefficient (Wildman–Crippen LogP) is 3.29. The first-order valence-electron chi connectivity index (χ1n) is 15.1. The van der Waals surface area contributed by atoms with Crippen LogP contribution in [-0.2, 0) is 16.0 Å². The highest BCUT2D eigenvalue weighted by molar-refractivity contribution is 5.73. The quantitative estimate of drug-likeness (QED) is 0.297. The standard InChI is InChI=1S/C34H39NO8/c36-29-30(37)32(33(39)40)43-34(31(29)38)42-25-13-15-27-23(20-25)10-14-26(21-6-2-1-3-7-21)28(27)22-8-11-24(12-9-22)41-19-18-35-16-4-5-17-35/h1-3,6-9,11-13,15,20,26,28-32,34,36-38H,4-5,10,14,16-19H2,(H,39,40)/t26-,28+,29+,30+,31-,32+,34?/m1/s1. The van der Waals surface area contributed by atoms with Crippen molar-refractivity contribution >= 4 is 5.97 Å². The van der Waals surface area contributed by atoms with Gasteiger partial charge in [0.05, 0.1) is 0 Å². The van der Waals surface area contributed by atoms with Crippen molar-refractivity contribution in [3.63, 3.8) is 0 Å². The van der Waals surface area contributed by atoms with Crippen LogP contribution in [0.15, 0.2) is 72.8 Å². The average Bonchev–Trinajstić information content (AvgIpc) is 3.55. The van der Waals surface area contributed by atoms with Crippen molar-refractivity contribution in [2.75, 3.05) is 26.2 Å². The number of nitrogens with zero attached hydrogens (tertiary/aromatic N) is 1. The van der Waals surface area contributed by atoms with E-state index < -0.39 is 36.7 Å². The lowest BCUT2D eigenvalue weighted by Crippen LogP contribution is -2.61. The number of benzene rings is 3. The summed E-state index contributed by atoms with van der Waals surface area (Å²) in [5, 5.41) is 40.0. The first-order chi connectivity index (χ1) is 20.9. The second kappa shape index (κ2) is 13.0. The molecular formula is C34H39NO8. The Kier molecular flexibility index (Phi) is 8.97. The van der Waals surface area contributed by atoms with Crippen LogP contribution in [0.4, 0.5) is 0 Å². The van der Waals surface area contributed by atoms with Gasteiger partial charge >= 0.3 is 5.97 Å². The third-order valence-electron chi connectivity index (χ3n) is 8.98. The molecule has 0 spiro atoms. The Hall–Kier alpha value is -3.47. The number of hydrogen-bond acceptors (Lipinski definition) is 8. The van der Waals surface area contributed by atoms with E-state index in [4.69, 9.17) is 14.2 Å². The maximum atomic E-state index is 11.5. The van der Waals surface area contributed by atoms with Gasteiger partial charge in [-0.05, 0) is 91.2 Å². The molecule has 43 heavy (non-hydrogen) atoms. The summed E-state index contributed by atoms with van der Waals surface area (Å²) in [7, 11) is 0. The smallest absolute Gasteiger partial charge is 0.335 e. The molecule has 7 atom stereocenters. The van der Waals surface area contributed by atoms with Gasteiger partial charge in [0.15, 0.2) is 6.10 Å². The second-order valence-electron chi connectivity index (χ2n) is 11.7. The molecule has 228 valence electrons. The Morgan fingerprint density at radius 2 is 1.58 bits per heavy atom. The van der Waals surface area contributed by atoms with Gasteiger partial charge in [-0.3, -0.25) is 4.90 Å². The molecule has 9 heteroatoms. The number of carboxylic acid groups (broad SMARTS) is 1. The lowest BCUT2D eigenvalue weighted by molar-refractivity contribution is -0.271. The van der Waals surface area contributed by atoms with E-state index in [1.807, 2.05) is 30.3 Å². The predicted molar refractivity (Wildman–Crippen MR) is 158 cm³/mol. The number of rotatable bonds is 9. The molecule has 2 fully saturated rings. The van der Waals surface area contributed by atoms with Crippen molar-refractivity contribution in [3.8, 4) is 11.5 Å². The zero-order valence-electron chi connectivity index (χ0n) is 24.0. The average molecular weight is 590 g/mol. The fourth-order valence-electron chi connectivity index (χ4n) is 6.69. The van der Waals surface area contributed by atoms with Crippen molar-refractivity contribution < 1.29 is 39.4 Å². The van der Waals surface area contributed by atoms with Crippen LogP contribution < -0.4 is 9.47 Å². The maximum absolute atomic E-state index is 11.5. The van der Waals surface area contributed by atoms with Crippen molar-refractivity contribution in [1.29, 1.82) is 0 Å². The number of aliphatic carboxylic acids is 1. The highest BCUT2D eigenvalue weighted by Gasteiger charge is 2.48. The summed E-state index contributed by atoms with van der Waals surface area (Å²) >= 11 is 0. The van der Waals surface area contributed by atoms with Crippen LogP contribution in [0, 0.1) is 0 Å². The van der Waals surface area contributed by atoms with E-state index in [1.54, 1.807) is 6.07 Å². The van der Waals surface area contributed by atoms with Crippen LogP contribution in [0.5, 0.6) is 11.5 Å². The molecule has 1 unspecified atom stereocenters. The fraction of sp³-hybridized carbons (Fsp3) is 0.441. The van der Waals surface area contributed by atoms with E-state index >= 15 is 0 Å². The Labute approximate surface area is 251 Å². The van der Waals surface area contributed by atoms with E-state index in [0.717, 1.165) is 43.8 Å². The van der Waals surface area contributed by atoms with Crippen molar-refractivity contribution in [3.05, 3.63) is 95.1 Å². The van der Waals surface area contributed by atoms with Gasteiger partial charge in [-0.2, -0.15) is 0 Å². The number of carboxylic acids is 1. The van der Waals surface area contributed by atoms with Gasteiger partial charge in [0.1, 0.15) is 36.4 Å². The monoisotopic (exact) mass is 589 g/mol. The van der Waals surface area contributed by atoms with Gasteiger partial charge in [0.25, 0.3) is 0 Å². The molecule has 0 aromatic heterocycles. The zero-order valence-corrected chi connectivity index (χ0v) is 24.0. The minimum atomic E-state index is -1.77. The van der Waals surface area contributed by atoms with Crippen LogP contribution in [0.1, 0.15) is 53.4 Å². The van der Waals surface area contributed by atoms with Crippen LogP contribution in [0.25, 0.3) is 0 Å². The van der Waals surface area contributed by atoms with Crippen LogP contribution >= 0.6 is 0 Å². The molecule has 6 rings (SSSR count).